The van der Waals surface area contributed by atoms with Crippen molar-refractivity contribution in [1.29, 1.82) is 0 Å². The number of nitrogens with one attached hydrogen (secondary N) is 1. The van der Waals surface area contributed by atoms with Gasteiger partial charge in [0.25, 0.3) is 5.91 Å². The summed E-state index contributed by atoms with van der Waals surface area (Å²) in [5.41, 5.74) is 0.626. The maximum atomic E-state index is 11.6. The van der Waals surface area contributed by atoms with Crippen LogP contribution in [-0.2, 0) is 0 Å². The summed E-state index contributed by atoms with van der Waals surface area (Å²) < 4.78 is 0. The molecule has 2 rings (SSSR count). The summed E-state index contributed by atoms with van der Waals surface area (Å²) in [6.07, 6.45) is 4.06. The van der Waals surface area contributed by atoms with Crippen molar-refractivity contribution in [2.45, 2.75) is 18.9 Å². The highest BCUT2D eigenvalue weighted by atomic mass is 16.2. The van der Waals surface area contributed by atoms with E-state index in [1.165, 1.54) is 12.8 Å². The van der Waals surface area contributed by atoms with Gasteiger partial charge in [0.1, 0.15) is 5.82 Å². The molecule has 0 bridgehead atoms. The van der Waals surface area contributed by atoms with Crippen LogP contribution in [0.3, 0.4) is 0 Å². The Kier molecular flexibility index (Phi) is 2.58. The molecule has 1 N–H and O–H groups in total. The van der Waals surface area contributed by atoms with Gasteiger partial charge < -0.3 is 10.2 Å². The molecule has 0 aromatic carbocycles. The first-order valence-corrected chi connectivity index (χ1v) is 5.11. The molecule has 1 aliphatic rings. The van der Waals surface area contributed by atoms with Crippen molar-refractivity contribution in [2.24, 2.45) is 0 Å². The number of carbonyl (C=O) groups is 1. The molecule has 1 fully saturated rings. The fraction of sp³-hybridized carbons (Fsp3) is 0.455. The van der Waals surface area contributed by atoms with Gasteiger partial charge in [-0.3, -0.25) is 4.79 Å². The van der Waals surface area contributed by atoms with Crippen molar-refractivity contribution in [2.75, 3.05) is 19.4 Å². The van der Waals surface area contributed by atoms with Crippen molar-refractivity contribution in [3.05, 3.63) is 23.9 Å². The maximum absolute atomic E-state index is 11.6. The van der Waals surface area contributed by atoms with Crippen molar-refractivity contribution < 1.29 is 4.79 Å². The van der Waals surface area contributed by atoms with Crippen LogP contribution in [0.15, 0.2) is 18.3 Å². The van der Waals surface area contributed by atoms with Crippen molar-refractivity contribution >= 4 is 11.7 Å². The van der Waals surface area contributed by atoms with Gasteiger partial charge >= 0.3 is 0 Å². The SMILES string of the molecule is CN(C)C(=O)c1ccc(NC2CC2)nc1. The predicted octanol–water partition coefficient (Wildman–Crippen LogP) is 1.36. The zero-order valence-electron chi connectivity index (χ0n) is 9.03. The number of rotatable bonds is 3. The van der Waals surface area contributed by atoms with Gasteiger partial charge in [-0.1, -0.05) is 0 Å². The third-order valence-electron chi connectivity index (χ3n) is 2.35. The number of amides is 1. The zero-order valence-corrected chi connectivity index (χ0v) is 9.03. The van der Waals surface area contributed by atoms with E-state index in [-0.39, 0.29) is 5.91 Å². The van der Waals surface area contributed by atoms with E-state index in [1.807, 2.05) is 6.07 Å². The Bertz CT molecular complexity index is 355. The second-order valence-corrected chi connectivity index (χ2v) is 4.05. The molecular formula is C11H15N3O. The van der Waals surface area contributed by atoms with Crippen LogP contribution in [0, 0.1) is 0 Å². The van der Waals surface area contributed by atoms with Crippen LogP contribution in [0.2, 0.25) is 0 Å². The van der Waals surface area contributed by atoms with Crippen molar-refractivity contribution in [3.63, 3.8) is 0 Å². The van der Waals surface area contributed by atoms with Gasteiger partial charge in [0, 0.05) is 26.3 Å². The van der Waals surface area contributed by atoms with Crippen LogP contribution in [-0.4, -0.2) is 35.9 Å². The molecule has 0 spiro atoms. The third-order valence-corrected chi connectivity index (χ3v) is 2.35. The summed E-state index contributed by atoms with van der Waals surface area (Å²) in [6, 6.07) is 4.25. The fourth-order valence-electron chi connectivity index (χ4n) is 1.30. The van der Waals surface area contributed by atoms with Crippen LogP contribution < -0.4 is 5.32 Å². The minimum Gasteiger partial charge on any atom is -0.367 e. The number of nitrogens with zero attached hydrogens (tertiary/aromatic N) is 2. The van der Waals surface area contributed by atoms with E-state index in [2.05, 4.69) is 10.3 Å². The first-order chi connectivity index (χ1) is 7.16. The molecule has 0 radical (unpaired) electrons. The highest BCUT2D eigenvalue weighted by Crippen LogP contribution is 2.23. The normalized spacial score (nSPS) is 14.8. The van der Waals surface area contributed by atoms with E-state index in [9.17, 15) is 4.79 Å². The van der Waals surface area contributed by atoms with Gasteiger partial charge in [0.15, 0.2) is 0 Å². The van der Waals surface area contributed by atoms with Crippen molar-refractivity contribution in [3.8, 4) is 0 Å². The van der Waals surface area contributed by atoms with Gasteiger partial charge in [-0.05, 0) is 25.0 Å². The molecule has 0 saturated heterocycles. The molecule has 0 aliphatic heterocycles. The van der Waals surface area contributed by atoms with Gasteiger partial charge in [-0.25, -0.2) is 4.98 Å². The van der Waals surface area contributed by atoms with Gasteiger partial charge in [-0.2, -0.15) is 0 Å². The summed E-state index contributed by atoms with van der Waals surface area (Å²) >= 11 is 0. The molecular weight excluding hydrogens is 190 g/mol. The Hall–Kier alpha value is -1.58. The standard InChI is InChI=1S/C11H15N3O/c1-14(2)11(15)8-3-6-10(12-7-8)13-9-4-5-9/h3,6-7,9H,4-5H2,1-2H3,(H,12,13). The number of pyridine rings is 1. The molecule has 1 aromatic heterocycles. The molecule has 0 atom stereocenters. The largest absolute Gasteiger partial charge is 0.367 e. The molecule has 4 nitrogen and oxygen atoms in total. The Labute approximate surface area is 89.3 Å². The number of anilines is 1. The number of hydrogen-bond acceptors (Lipinski definition) is 3. The second-order valence-electron chi connectivity index (χ2n) is 4.05. The van der Waals surface area contributed by atoms with E-state index in [0.717, 1.165) is 5.82 Å². The van der Waals surface area contributed by atoms with Crippen LogP contribution in [0.4, 0.5) is 5.82 Å². The lowest BCUT2D eigenvalue weighted by atomic mass is 10.2. The van der Waals surface area contributed by atoms with E-state index < -0.39 is 0 Å². The summed E-state index contributed by atoms with van der Waals surface area (Å²) in [7, 11) is 3.47. The van der Waals surface area contributed by atoms with Crippen LogP contribution in [0.1, 0.15) is 23.2 Å². The minimum atomic E-state index is -0.0135. The highest BCUT2D eigenvalue weighted by Gasteiger charge is 2.21. The smallest absolute Gasteiger partial charge is 0.254 e. The topological polar surface area (TPSA) is 45.2 Å². The highest BCUT2D eigenvalue weighted by molar-refractivity contribution is 5.93. The zero-order chi connectivity index (χ0) is 10.8. The molecule has 0 unspecified atom stereocenters. The lowest BCUT2D eigenvalue weighted by Crippen LogP contribution is -2.21. The number of carbonyl (C=O) groups excluding carboxylic acids is 1. The number of aromatic nitrogens is 1. The molecule has 15 heavy (non-hydrogen) atoms. The monoisotopic (exact) mass is 205 g/mol. The minimum absolute atomic E-state index is 0.0135. The van der Waals surface area contributed by atoms with Gasteiger partial charge in [0.2, 0.25) is 0 Å². The number of hydrogen-bond donors (Lipinski definition) is 1. The molecule has 1 saturated carbocycles. The van der Waals surface area contributed by atoms with Crippen LogP contribution >= 0.6 is 0 Å². The Morgan fingerprint density at radius 1 is 1.47 bits per heavy atom. The molecule has 1 heterocycles. The van der Waals surface area contributed by atoms with Gasteiger partial charge in [0.05, 0.1) is 5.56 Å². The molecule has 4 heteroatoms. The average Bonchev–Trinajstić information content (AvgIpc) is 3.02. The van der Waals surface area contributed by atoms with E-state index in [4.69, 9.17) is 0 Å². The summed E-state index contributed by atoms with van der Waals surface area (Å²) in [6.45, 7) is 0. The average molecular weight is 205 g/mol. The molecule has 1 aromatic rings. The predicted molar refractivity (Wildman–Crippen MR) is 58.9 cm³/mol. The summed E-state index contributed by atoms with van der Waals surface area (Å²) in [5.74, 6) is 0.841. The fourth-order valence-corrected chi connectivity index (χ4v) is 1.30. The van der Waals surface area contributed by atoms with E-state index in [0.29, 0.717) is 11.6 Å². The summed E-state index contributed by atoms with van der Waals surface area (Å²) in [4.78, 5) is 17.3. The van der Waals surface area contributed by atoms with Gasteiger partial charge in [-0.15, -0.1) is 0 Å². The third kappa shape index (κ3) is 2.46. The molecule has 80 valence electrons. The van der Waals surface area contributed by atoms with Crippen LogP contribution in [0.5, 0.6) is 0 Å². The first-order valence-electron chi connectivity index (χ1n) is 5.11. The lowest BCUT2D eigenvalue weighted by molar-refractivity contribution is 0.0827. The summed E-state index contributed by atoms with van der Waals surface area (Å²) in [5, 5.41) is 3.28. The first kappa shape index (κ1) is 9.96. The lowest BCUT2D eigenvalue weighted by Gasteiger charge is -2.10. The Morgan fingerprint density at radius 3 is 2.67 bits per heavy atom. The molecule has 1 aliphatic carbocycles. The second kappa shape index (κ2) is 3.88. The van der Waals surface area contributed by atoms with E-state index >= 15 is 0 Å². The molecule has 1 amide bonds. The quantitative estimate of drug-likeness (QED) is 0.810. The maximum Gasteiger partial charge on any atom is 0.254 e. The Balaban J connectivity index is 2.05. The van der Waals surface area contributed by atoms with Crippen LogP contribution in [0.25, 0.3) is 0 Å². The Morgan fingerprint density at radius 2 is 2.20 bits per heavy atom. The van der Waals surface area contributed by atoms with E-state index in [1.54, 1.807) is 31.3 Å². The van der Waals surface area contributed by atoms with Crippen molar-refractivity contribution in [1.82, 2.24) is 9.88 Å².